The third-order valence-corrected chi connectivity index (χ3v) is 2.04. The normalized spacial score (nSPS) is 13.5. The number of nitrogens with two attached hydrogens (primary N) is 1. The molecule has 1 aromatic rings. The van der Waals surface area contributed by atoms with Crippen molar-refractivity contribution in [1.29, 1.82) is 0 Å². The van der Waals surface area contributed by atoms with Gasteiger partial charge in [-0.3, -0.25) is 0 Å². The van der Waals surface area contributed by atoms with E-state index in [0.29, 0.717) is 18.8 Å². The van der Waals surface area contributed by atoms with Crippen molar-refractivity contribution in [1.82, 2.24) is 0 Å². The quantitative estimate of drug-likeness (QED) is 0.872. The summed E-state index contributed by atoms with van der Waals surface area (Å²) in [5, 5.41) is 0. The maximum absolute atomic E-state index is 11.9. The van der Waals surface area contributed by atoms with Crippen LogP contribution in [0.4, 0.5) is 13.2 Å². The average molecular weight is 249 g/mol. The van der Waals surface area contributed by atoms with E-state index in [-0.39, 0.29) is 11.8 Å². The predicted octanol–water partition coefficient (Wildman–Crippen LogP) is 2.62. The van der Waals surface area contributed by atoms with Gasteiger partial charge in [-0.2, -0.15) is 0 Å². The van der Waals surface area contributed by atoms with Gasteiger partial charge >= 0.3 is 6.36 Å². The lowest BCUT2D eigenvalue weighted by Crippen LogP contribution is -2.18. The molecule has 0 aliphatic carbocycles. The Morgan fingerprint density at radius 1 is 1.24 bits per heavy atom. The summed E-state index contributed by atoms with van der Waals surface area (Å²) >= 11 is 0. The number of benzene rings is 1. The van der Waals surface area contributed by atoms with Gasteiger partial charge < -0.3 is 15.2 Å². The van der Waals surface area contributed by atoms with E-state index in [9.17, 15) is 13.2 Å². The Morgan fingerprint density at radius 3 is 2.29 bits per heavy atom. The minimum absolute atomic E-state index is 0.259. The highest BCUT2D eigenvalue weighted by Gasteiger charge is 2.30. The van der Waals surface area contributed by atoms with Gasteiger partial charge in [0.05, 0.1) is 12.6 Å². The third-order valence-electron chi connectivity index (χ3n) is 2.04. The van der Waals surface area contributed by atoms with E-state index in [1.807, 2.05) is 6.92 Å². The Bertz CT molecular complexity index is 338. The zero-order valence-corrected chi connectivity index (χ0v) is 9.33. The van der Waals surface area contributed by atoms with Crippen molar-refractivity contribution in [2.24, 2.45) is 5.73 Å². The van der Waals surface area contributed by atoms with E-state index in [4.69, 9.17) is 10.5 Å². The fraction of sp³-hybridized carbons (Fsp3) is 0.455. The highest BCUT2D eigenvalue weighted by molar-refractivity contribution is 5.29. The first-order chi connectivity index (χ1) is 7.92. The summed E-state index contributed by atoms with van der Waals surface area (Å²) in [5.41, 5.74) is 6.47. The fourth-order valence-electron chi connectivity index (χ4n) is 1.26. The topological polar surface area (TPSA) is 44.5 Å². The van der Waals surface area contributed by atoms with Crippen molar-refractivity contribution >= 4 is 0 Å². The molecule has 0 amide bonds. The standard InChI is InChI=1S/C11H14F3NO2/c1-2-16-7-10(15)8-3-5-9(6-4-8)17-11(12,13)14/h3-6,10H,2,7,15H2,1H3. The maximum atomic E-state index is 11.9. The van der Waals surface area contributed by atoms with Crippen LogP contribution in [-0.2, 0) is 4.74 Å². The molecule has 0 fully saturated rings. The Balaban J connectivity index is 2.61. The van der Waals surface area contributed by atoms with Crippen molar-refractivity contribution in [3.8, 4) is 5.75 Å². The molecule has 0 aromatic heterocycles. The van der Waals surface area contributed by atoms with Crippen LogP contribution < -0.4 is 10.5 Å². The molecule has 2 N–H and O–H groups in total. The number of halogens is 3. The molecule has 3 nitrogen and oxygen atoms in total. The molecule has 0 spiro atoms. The van der Waals surface area contributed by atoms with E-state index in [0.717, 1.165) is 0 Å². The van der Waals surface area contributed by atoms with Crippen LogP contribution in [0.3, 0.4) is 0 Å². The van der Waals surface area contributed by atoms with E-state index in [2.05, 4.69) is 4.74 Å². The lowest BCUT2D eigenvalue weighted by molar-refractivity contribution is -0.274. The van der Waals surface area contributed by atoms with Gasteiger partial charge in [-0.05, 0) is 24.6 Å². The number of alkyl halides is 3. The van der Waals surface area contributed by atoms with Crippen LogP contribution in [0.2, 0.25) is 0 Å². The Labute approximate surface area is 97.3 Å². The molecule has 1 rings (SSSR count). The van der Waals surface area contributed by atoms with Gasteiger partial charge in [-0.25, -0.2) is 0 Å². The van der Waals surface area contributed by atoms with Crippen molar-refractivity contribution in [3.05, 3.63) is 29.8 Å². The Morgan fingerprint density at radius 2 is 1.82 bits per heavy atom. The van der Waals surface area contributed by atoms with Gasteiger partial charge in [0, 0.05) is 6.61 Å². The van der Waals surface area contributed by atoms with Crippen LogP contribution in [0, 0.1) is 0 Å². The lowest BCUT2D eigenvalue weighted by atomic mass is 10.1. The molecule has 6 heteroatoms. The van der Waals surface area contributed by atoms with Crippen molar-refractivity contribution in [2.75, 3.05) is 13.2 Å². The number of hydrogen-bond acceptors (Lipinski definition) is 3. The van der Waals surface area contributed by atoms with Gasteiger partial charge in [-0.15, -0.1) is 13.2 Å². The molecular weight excluding hydrogens is 235 g/mol. The summed E-state index contributed by atoms with van der Waals surface area (Å²) in [6, 6.07) is 5.09. The maximum Gasteiger partial charge on any atom is 0.573 e. The highest BCUT2D eigenvalue weighted by Crippen LogP contribution is 2.23. The van der Waals surface area contributed by atoms with Crippen LogP contribution in [0.25, 0.3) is 0 Å². The molecule has 1 atom stereocenters. The number of hydrogen-bond donors (Lipinski definition) is 1. The van der Waals surface area contributed by atoms with Crippen LogP contribution in [0.5, 0.6) is 5.75 Å². The predicted molar refractivity (Wildman–Crippen MR) is 56.5 cm³/mol. The van der Waals surface area contributed by atoms with Gasteiger partial charge in [0.25, 0.3) is 0 Å². The summed E-state index contributed by atoms with van der Waals surface area (Å²) in [6.07, 6.45) is -4.67. The lowest BCUT2D eigenvalue weighted by Gasteiger charge is -2.13. The Kier molecular flexibility index (Phi) is 4.77. The average Bonchev–Trinajstić information content (AvgIpc) is 2.24. The van der Waals surface area contributed by atoms with Gasteiger partial charge in [-0.1, -0.05) is 12.1 Å². The second-order valence-corrected chi connectivity index (χ2v) is 3.38. The second-order valence-electron chi connectivity index (χ2n) is 3.38. The first kappa shape index (κ1) is 13.8. The second kappa shape index (κ2) is 5.88. The summed E-state index contributed by atoms with van der Waals surface area (Å²) in [6.45, 7) is 2.71. The largest absolute Gasteiger partial charge is 0.573 e. The third kappa shape index (κ3) is 5.06. The summed E-state index contributed by atoms with van der Waals surface area (Å²) < 4.78 is 44.6. The van der Waals surface area contributed by atoms with Crippen molar-refractivity contribution < 1.29 is 22.6 Å². The first-order valence-corrected chi connectivity index (χ1v) is 5.11. The molecule has 0 radical (unpaired) electrons. The molecule has 1 aromatic carbocycles. The molecule has 0 aliphatic rings. The molecule has 1 unspecified atom stereocenters. The zero-order chi connectivity index (χ0) is 12.9. The van der Waals surface area contributed by atoms with E-state index >= 15 is 0 Å². The van der Waals surface area contributed by atoms with Crippen LogP contribution in [0.1, 0.15) is 18.5 Å². The van der Waals surface area contributed by atoms with Gasteiger partial charge in [0.2, 0.25) is 0 Å². The highest BCUT2D eigenvalue weighted by atomic mass is 19.4. The summed E-state index contributed by atoms with van der Waals surface area (Å²) in [5.74, 6) is -0.259. The molecule has 17 heavy (non-hydrogen) atoms. The number of rotatable bonds is 5. The Hall–Kier alpha value is -1.27. The smallest absolute Gasteiger partial charge is 0.406 e. The van der Waals surface area contributed by atoms with Gasteiger partial charge in [0.1, 0.15) is 5.75 Å². The van der Waals surface area contributed by atoms with Crippen LogP contribution >= 0.6 is 0 Å². The minimum atomic E-state index is -4.67. The molecule has 0 bridgehead atoms. The van der Waals surface area contributed by atoms with E-state index in [1.165, 1.54) is 24.3 Å². The van der Waals surface area contributed by atoms with E-state index < -0.39 is 6.36 Å². The monoisotopic (exact) mass is 249 g/mol. The number of ether oxygens (including phenoxy) is 2. The molecule has 96 valence electrons. The zero-order valence-electron chi connectivity index (χ0n) is 9.33. The van der Waals surface area contributed by atoms with Crippen molar-refractivity contribution in [2.45, 2.75) is 19.3 Å². The molecule has 0 saturated carbocycles. The van der Waals surface area contributed by atoms with Crippen LogP contribution in [-0.4, -0.2) is 19.6 Å². The minimum Gasteiger partial charge on any atom is -0.406 e. The van der Waals surface area contributed by atoms with Crippen molar-refractivity contribution in [3.63, 3.8) is 0 Å². The summed E-state index contributed by atoms with van der Waals surface area (Å²) in [7, 11) is 0. The summed E-state index contributed by atoms with van der Waals surface area (Å²) in [4.78, 5) is 0. The van der Waals surface area contributed by atoms with Gasteiger partial charge in [0.15, 0.2) is 0 Å². The SMILES string of the molecule is CCOCC(N)c1ccc(OC(F)(F)F)cc1. The molecular formula is C11H14F3NO2. The fourth-order valence-corrected chi connectivity index (χ4v) is 1.26. The molecule has 0 heterocycles. The molecule has 0 saturated heterocycles. The van der Waals surface area contributed by atoms with Crippen LogP contribution in [0.15, 0.2) is 24.3 Å². The molecule has 0 aliphatic heterocycles. The van der Waals surface area contributed by atoms with E-state index in [1.54, 1.807) is 0 Å². The first-order valence-electron chi connectivity index (χ1n) is 5.11.